The molecule has 2 aliphatic heterocycles. The van der Waals surface area contributed by atoms with Gasteiger partial charge >= 0.3 is 6.03 Å². The highest BCUT2D eigenvalue weighted by molar-refractivity contribution is 6.17. The molecule has 0 aliphatic carbocycles. The molecule has 0 bridgehead atoms. The first kappa shape index (κ1) is 14.7. The number of ether oxygens (including phenoxy) is 1. The molecular formula is C18H18N3O3+. The lowest BCUT2D eigenvalue weighted by atomic mass is 10.1. The van der Waals surface area contributed by atoms with Crippen molar-refractivity contribution in [3.8, 4) is 11.5 Å². The smallest absolute Gasteiger partial charge is 0.329 e. The van der Waals surface area contributed by atoms with Crippen molar-refractivity contribution in [1.29, 1.82) is 0 Å². The van der Waals surface area contributed by atoms with Gasteiger partial charge in [-0.15, -0.1) is 0 Å². The van der Waals surface area contributed by atoms with Crippen LogP contribution in [0.3, 0.4) is 0 Å². The van der Waals surface area contributed by atoms with E-state index in [4.69, 9.17) is 4.74 Å². The molecule has 2 aromatic rings. The first-order chi connectivity index (χ1) is 11.7. The van der Waals surface area contributed by atoms with E-state index >= 15 is 0 Å². The van der Waals surface area contributed by atoms with Gasteiger partial charge in [-0.3, -0.25) is 4.79 Å². The molecular weight excluding hydrogens is 306 g/mol. The zero-order valence-corrected chi connectivity index (χ0v) is 13.0. The van der Waals surface area contributed by atoms with Crippen molar-refractivity contribution >= 4 is 17.6 Å². The van der Waals surface area contributed by atoms with Gasteiger partial charge in [-0.2, -0.15) is 0 Å². The number of rotatable bonds is 3. The van der Waals surface area contributed by atoms with Gasteiger partial charge in [0.25, 0.3) is 5.91 Å². The van der Waals surface area contributed by atoms with Crippen molar-refractivity contribution in [2.45, 2.75) is 18.5 Å². The largest absolute Gasteiger partial charge is 0.457 e. The second kappa shape index (κ2) is 5.98. The van der Waals surface area contributed by atoms with E-state index in [0.29, 0.717) is 11.4 Å². The van der Waals surface area contributed by atoms with Gasteiger partial charge < -0.3 is 15.4 Å². The zero-order chi connectivity index (χ0) is 16.5. The number of fused-ring (bicyclic) bond motifs is 1. The van der Waals surface area contributed by atoms with Crippen molar-refractivity contribution in [3.05, 3.63) is 54.6 Å². The summed E-state index contributed by atoms with van der Waals surface area (Å²) in [4.78, 5) is 26.1. The fourth-order valence-electron chi connectivity index (χ4n) is 3.24. The molecule has 6 heteroatoms. The Hall–Kier alpha value is -2.86. The maximum absolute atomic E-state index is 12.6. The predicted molar refractivity (Wildman–Crippen MR) is 88.0 cm³/mol. The van der Waals surface area contributed by atoms with Gasteiger partial charge in [0.2, 0.25) is 0 Å². The fourth-order valence-corrected chi connectivity index (χ4v) is 3.24. The standard InChI is InChI=1S/C18H17N3O3/c22-17-16-15(10-11-19-16)20-18(23)21(17)12-6-8-14(9-7-12)24-13-4-2-1-3-5-13/h1-9,15-16,19H,10-11H2,(H,20,23)/p+1/t15-,16+/m1/s1. The van der Waals surface area contributed by atoms with Crippen LogP contribution in [-0.2, 0) is 4.79 Å². The maximum atomic E-state index is 12.6. The van der Waals surface area contributed by atoms with Crippen LogP contribution in [0.25, 0.3) is 0 Å². The Labute approximate surface area is 139 Å². The van der Waals surface area contributed by atoms with Crippen molar-refractivity contribution in [1.82, 2.24) is 5.32 Å². The molecule has 3 N–H and O–H groups in total. The second-order valence-electron chi connectivity index (χ2n) is 5.98. The fraction of sp³-hybridized carbons (Fsp3) is 0.222. The van der Waals surface area contributed by atoms with Crippen LogP contribution in [0.4, 0.5) is 10.5 Å². The molecule has 2 aromatic carbocycles. The van der Waals surface area contributed by atoms with Crippen LogP contribution in [0, 0.1) is 0 Å². The van der Waals surface area contributed by atoms with E-state index in [9.17, 15) is 9.59 Å². The lowest BCUT2D eigenvalue weighted by molar-refractivity contribution is -0.658. The molecule has 6 nitrogen and oxygen atoms in total. The molecule has 2 heterocycles. The quantitative estimate of drug-likeness (QED) is 0.892. The third kappa shape index (κ3) is 2.61. The van der Waals surface area contributed by atoms with Crippen LogP contribution < -0.4 is 20.3 Å². The minimum absolute atomic E-state index is 0.0538. The summed E-state index contributed by atoms with van der Waals surface area (Å²) in [6.45, 7) is 0.860. The number of nitrogens with two attached hydrogens (primary N) is 1. The van der Waals surface area contributed by atoms with Crippen LogP contribution in [0.5, 0.6) is 11.5 Å². The third-order valence-corrected chi connectivity index (χ3v) is 4.42. The van der Waals surface area contributed by atoms with Gasteiger partial charge in [-0.05, 0) is 36.4 Å². The first-order valence-corrected chi connectivity index (χ1v) is 8.03. The van der Waals surface area contributed by atoms with E-state index in [-0.39, 0.29) is 24.0 Å². The molecule has 2 atom stereocenters. The first-order valence-electron chi connectivity index (χ1n) is 8.03. The number of quaternary nitrogens is 1. The van der Waals surface area contributed by atoms with E-state index in [2.05, 4.69) is 5.32 Å². The summed E-state index contributed by atoms with van der Waals surface area (Å²) in [6.07, 6.45) is 0.833. The Bertz CT molecular complexity index is 761. The van der Waals surface area contributed by atoms with E-state index in [1.807, 2.05) is 35.6 Å². The molecule has 2 fully saturated rings. The Morgan fingerprint density at radius 1 is 1.00 bits per heavy atom. The average molecular weight is 324 g/mol. The third-order valence-electron chi connectivity index (χ3n) is 4.42. The topological polar surface area (TPSA) is 75.2 Å². The zero-order valence-electron chi connectivity index (χ0n) is 13.0. The van der Waals surface area contributed by atoms with Crippen molar-refractivity contribution in [3.63, 3.8) is 0 Å². The van der Waals surface area contributed by atoms with E-state index in [1.54, 1.807) is 24.3 Å². The number of hydrogen-bond donors (Lipinski definition) is 2. The maximum Gasteiger partial charge on any atom is 0.329 e. The number of amides is 3. The number of imide groups is 1. The van der Waals surface area contributed by atoms with Crippen LogP contribution in [-0.4, -0.2) is 30.6 Å². The van der Waals surface area contributed by atoms with Crippen molar-refractivity contribution in [2.75, 3.05) is 11.4 Å². The van der Waals surface area contributed by atoms with Crippen molar-refractivity contribution in [2.24, 2.45) is 0 Å². The van der Waals surface area contributed by atoms with Gasteiger partial charge in [-0.25, -0.2) is 9.69 Å². The lowest BCUT2D eigenvalue weighted by Crippen LogP contribution is -2.93. The number of nitrogens with zero attached hydrogens (tertiary/aromatic N) is 1. The predicted octanol–water partition coefficient (Wildman–Crippen LogP) is 1.24. The number of anilines is 1. The number of hydrogen-bond acceptors (Lipinski definition) is 3. The lowest BCUT2D eigenvalue weighted by Gasteiger charge is -2.31. The van der Waals surface area contributed by atoms with Crippen molar-refractivity contribution < 1.29 is 19.6 Å². The molecule has 0 radical (unpaired) electrons. The molecule has 2 aliphatic rings. The highest BCUT2D eigenvalue weighted by Gasteiger charge is 2.47. The van der Waals surface area contributed by atoms with Crippen LogP contribution in [0.1, 0.15) is 6.42 Å². The second-order valence-corrected chi connectivity index (χ2v) is 5.98. The Balaban J connectivity index is 1.54. The molecule has 0 aromatic heterocycles. The van der Waals surface area contributed by atoms with Gasteiger partial charge in [0, 0.05) is 6.42 Å². The minimum atomic E-state index is -0.353. The average Bonchev–Trinajstić information content (AvgIpc) is 3.06. The molecule has 4 rings (SSSR count). The minimum Gasteiger partial charge on any atom is -0.457 e. The molecule has 0 spiro atoms. The van der Waals surface area contributed by atoms with Crippen LogP contribution >= 0.6 is 0 Å². The Morgan fingerprint density at radius 2 is 1.71 bits per heavy atom. The van der Waals surface area contributed by atoms with Gasteiger partial charge in [0.15, 0.2) is 6.04 Å². The molecule has 24 heavy (non-hydrogen) atoms. The Morgan fingerprint density at radius 3 is 2.46 bits per heavy atom. The number of nitrogens with one attached hydrogen (secondary N) is 1. The highest BCUT2D eigenvalue weighted by atomic mass is 16.5. The number of carbonyl (C=O) groups is 2. The van der Waals surface area contributed by atoms with Gasteiger partial charge in [0.05, 0.1) is 18.3 Å². The molecule has 0 saturated carbocycles. The normalized spacial score (nSPS) is 22.9. The van der Waals surface area contributed by atoms with E-state index < -0.39 is 0 Å². The Kier molecular flexibility index (Phi) is 3.66. The van der Waals surface area contributed by atoms with Gasteiger partial charge in [-0.1, -0.05) is 18.2 Å². The highest BCUT2D eigenvalue weighted by Crippen LogP contribution is 2.26. The number of benzene rings is 2. The summed E-state index contributed by atoms with van der Waals surface area (Å²) in [5.41, 5.74) is 0.552. The van der Waals surface area contributed by atoms with Crippen LogP contribution in [0.15, 0.2) is 54.6 Å². The number of para-hydroxylation sites is 1. The van der Waals surface area contributed by atoms with Gasteiger partial charge in [0.1, 0.15) is 11.5 Å². The molecule has 0 unspecified atom stereocenters. The van der Waals surface area contributed by atoms with Crippen LogP contribution in [0.2, 0.25) is 0 Å². The number of carbonyl (C=O) groups excluding carboxylic acids is 2. The molecule has 2 saturated heterocycles. The molecule has 122 valence electrons. The summed E-state index contributed by atoms with van der Waals surface area (Å²) in [5, 5.41) is 4.91. The summed E-state index contributed by atoms with van der Waals surface area (Å²) >= 11 is 0. The molecule has 3 amide bonds. The summed E-state index contributed by atoms with van der Waals surface area (Å²) in [7, 11) is 0. The summed E-state index contributed by atoms with van der Waals surface area (Å²) < 4.78 is 5.73. The van der Waals surface area contributed by atoms with E-state index in [0.717, 1.165) is 18.7 Å². The summed E-state index contributed by atoms with van der Waals surface area (Å²) in [5.74, 6) is 1.23. The number of urea groups is 1. The monoisotopic (exact) mass is 324 g/mol. The summed E-state index contributed by atoms with van der Waals surface area (Å²) in [6, 6.07) is 15.8. The SMILES string of the molecule is O=C1N[C@@H]2CC[NH2+][C@@H]2C(=O)N1c1ccc(Oc2ccccc2)cc1. The van der Waals surface area contributed by atoms with E-state index in [1.165, 1.54) is 4.90 Å².